The fourth-order valence-electron chi connectivity index (χ4n) is 4.15. The fourth-order valence-corrected chi connectivity index (χ4v) is 5.23. The van der Waals surface area contributed by atoms with Crippen molar-refractivity contribution in [3.05, 3.63) is 59.2 Å². The molecule has 0 bridgehead atoms. The van der Waals surface area contributed by atoms with Gasteiger partial charge in [-0.25, -0.2) is 4.79 Å². The molecular formula is C23H22N4O3S2. The minimum absolute atomic E-state index is 0.00368. The minimum Gasteiger partial charge on any atom is -0.493 e. The average molecular weight is 467 g/mol. The first-order chi connectivity index (χ1) is 15.1. The monoisotopic (exact) mass is 466 g/mol. The molecule has 1 aliphatic rings. The predicted molar refractivity (Wildman–Crippen MR) is 131 cm³/mol. The Morgan fingerprint density at radius 2 is 2.00 bits per heavy atom. The lowest BCUT2D eigenvalue weighted by Gasteiger charge is -2.32. The van der Waals surface area contributed by atoms with E-state index in [2.05, 4.69) is 22.4 Å². The summed E-state index contributed by atoms with van der Waals surface area (Å²) in [6.45, 7) is 5.97. The van der Waals surface area contributed by atoms with Gasteiger partial charge in [0.15, 0.2) is 5.69 Å². The van der Waals surface area contributed by atoms with Crippen LogP contribution >= 0.6 is 24.0 Å². The number of allylic oxidation sites excluding steroid dienone is 1. The molecule has 0 radical (unpaired) electrons. The lowest BCUT2D eigenvalue weighted by Crippen LogP contribution is -2.27. The molecular weight excluding hydrogens is 444 g/mol. The average Bonchev–Trinajstić information content (AvgIpc) is 3.00. The number of aromatic carboxylic acids is 1. The molecule has 9 heteroatoms. The Balaban J connectivity index is 1.84. The van der Waals surface area contributed by atoms with Crippen LogP contribution in [0.1, 0.15) is 35.3 Å². The largest absolute Gasteiger partial charge is 0.493 e. The van der Waals surface area contributed by atoms with Crippen LogP contribution in [0.2, 0.25) is 0 Å². The van der Waals surface area contributed by atoms with Gasteiger partial charge in [-0.3, -0.25) is 0 Å². The summed E-state index contributed by atoms with van der Waals surface area (Å²) in [5.74, 6) is -0.381. The Kier molecular flexibility index (Phi) is 5.56. The molecule has 0 atom stereocenters. The summed E-state index contributed by atoms with van der Waals surface area (Å²) in [5.41, 5.74) is 9.39. The number of carboxylic acid groups (broad SMARTS) is 1. The van der Waals surface area contributed by atoms with E-state index < -0.39 is 11.5 Å². The molecule has 1 aliphatic heterocycles. The zero-order valence-corrected chi connectivity index (χ0v) is 19.4. The van der Waals surface area contributed by atoms with Crippen molar-refractivity contribution in [1.82, 2.24) is 4.57 Å². The Morgan fingerprint density at radius 3 is 2.69 bits per heavy atom. The van der Waals surface area contributed by atoms with Gasteiger partial charge in [0, 0.05) is 21.6 Å². The Labute approximate surface area is 194 Å². The molecule has 0 unspecified atom stereocenters. The number of hydrogen-bond donors (Lipinski definition) is 3. The van der Waals surface area contributed by atoms with Gasteiger partial charge in [-0.15, -0.1) is 22.0 Å². The molecule has 2 heterocycles. The summed E-state index contributed by atoms with van der Waals surface area (Å²) < 4.78 is 1.84. The first-order valence-electron chi connectivity index (χ1n) is 9.87. The zero-order valence-electron chi connectivity index (χ0n) is 17.8. The summed E-state index contributed by atoms with van der Waals surface area (Å²) in [4.78, 5) is 12.3. The summed E-state index contributed by atoms with van der Waals surface area (Å²) in [6.07, 6.45) is 2.10. The highest BCUT2D eigenvalue weighted by Gasteiger charge is 2.33. The number of azo groups is 1. The lowest BCUT2D eigenvalue weighted by atomic mass is 9.91. The second kappa shape index (κ2) is 8.07. The van der Waals surface area contributed by atoms with Crippen LogP contribution in [-0.2, 0) is 5.54 Å². The Bertz CT molecular complexity index is 1340. The smallest absolute Gasteiger partial charge is 0.336 e. The number of hydrogen-bond acceptors (Lipinski definition) is 5. The number of carboxylic acids is 1. The van der Waals surface area contributed by atoms with Crippen molar-refractivity contribution in [2.24, 2.45) is 16.0 Å². The number of thiocarbonyl (C=S) groups is 1. The van der Waals surface area contributed by atoms with Crippen LogP contribution in [0, 0.1) is 6.92 Å². The number of nitrogens with two attached hydrogens (primary N) is 1. The van der Waals surface area contributed by atoms with E-state index in [0.717, 1.165) is 27.6 Å². The van der Waals surface area contributed by atoms with Gasteiger partial charge >= 0.3 is 5.97 Å². The van der Waals surface area contributed by atoms with Crippen LogP contribution in [0.25, 0.3) is 16.5 Å². The molecule has 4 N–H and O–H groups in total. The van der Waals surface area contributed by atoms with E-state index in [4.69, 9.17) is 18.0 Å². The number of thioether (sulfide) groups is 1. The van der Waals surface area contributed by atoms with Crippen LogP contribution < -0.4 is 5.73 Å². The van der Waals surface area contributed by atoms with Gasteiger partial charge in [-0.2, -0.15) is 0 Å². The molecule has 2 aromatic carbocycles. The highest BCUT2D eigenvalue weighted by molar-refractivity contribution is 7.99. The van der Waals surface area contributed by atoms with Crippen molar-refractivity contribution in [3.63, 3.8) is 0 Å². The van der Waals surface area contributed by atoms with Gasteiger partial charge < -0.3 is 20.5 Å². The van der Waals surface area contributed by atoms with E-state index in [-0.39, 0.29) is 16.6 Å². The van der Waals surface area contributed by atoms with Crippen molar-refractivity contribution in [2.75, 3.05) is 5.75 Å². The number of aromatic hydroxyl groups is 1. The SMILES string of the molecule is Cc1cc2c3c(c1)c(N=NC(N)=S)c(O)n3C(C)(C)C=C2CSc1ccccc1C(=O)O. The maximum Gasteiger partial charge on any atom is 0.336 e. The first kappa shape index (κ1) is 22.0. The van der Waals surface area contributed by atoms with Crippen LogP contribution in [-0.4, -0.2) is 31.6 Å². The third-order valence-corrected chi connectivity index (χ3v) is 6.56. The summed E-state index contributed by atoms with van der Waals surface area (Å²) >= 11 is 6.28. The molecule has 4 rings (SSSR count). The molecule has 0 amide bonds. The Morgan fingerprint density at radius 1 is 1.28 bits per heavy atom. The van der Waals surface area contributed by atoms with Gasteiger partial charge in [-0.1, -0.05) is 18.2 Å². The van der Waals surface area contributed by atoms with Gasteiger partial charge in [-0.05, 0) is 68.4 Å². The van der Waals surface area contributed by atoms with E-state index in [0.29, 0.717) is 16.3 Å². The summed E-state index contributed by atoms with van der Waals surface area (Å²) in [6, 6.07) is 11.0. The van der Waals surface area contributed by atoms with E-state index in [1.165, 1.54) is 11.8 Å². The number of carbonyl (C=O) groups is 1. The molecule has 0 aliphatic carbocycles. The molecule has 7 nitrogen and oxygen atoms in total. The van der Waals surface area contributed by atoms with Gasteiger partial charge in [0.2, 0.25) is 11.0 Å². The number of benzene rings is 2. The molecule has 3 aromatic rings. The van der Waals surface area contributed by atoms with Gasteiger partial charge in [0.1, 0.15) is 0 Å². The van der Waals surface area contributed by atoms with Crippen molar-refractivity contribution >= 4 is 57.2 Å². The van der Waals surface area contributed by atoms with Crippen molar-refractivity contribution in [2.45, 2.75) is 31.2 Å². The third-order valence-electron chi connectivity index (χ3n) is 5.36. The van der Waals surface area contributed by atoms with Crippen LogP contribution in [0.3, 0.4) is 0 Å². The zero-order chi connectivity index (χ0) is 23.2. The van der Waals surface area contributed by atoms with Crippen molar-refractivity contribution < 1.29 is 15.0 Å². The maximum atomic E-state index is 11.6. The fraction of sp³-hybridized carbons (Fsp3) is 0.217. The molecule has 32 heavy (non-hydrogen) atoms. The minimum atomic E-state index is -0.949. The summed E-state index contributed by atoms with van der Waals surface area (Å²) in [5, 5.41) is 29.1. The number of rotatable bonds is 5. The van der Waals surface area contributed by atoms with Gasteiger partial charge in [0.05, 0.1) is 16.6 Å². The standard InChI is InChI=1S/C23H22N4O3S2/c1-12-8-15-13(11-32-17-7-5-4-6-14(17)21(29)30)10-23(2,3)27-19(15)16(9-12)18(20(27)28)25-26-22(24)31/h4-10,28H,11H2,1-3H3,(H2,24,31)(H,29,30). The highest BCUT2D eigenvalue weighted by Crippen LogP contribution is 2.49. The predicted octanol–water partition coefficient (Wildman–Crippen LogP) is 5.61. The van der Waals surface area contributed by atoms with Crippen LogP contribution in [0.4, 0.5) is 5.69 Å². The van der Waals surface area contributed by atoms with E-state index in [9.17, 15) is 15.0 Å². The maximum absolute atomic E-state index is 11.6. The molecule has 164 valence electrons. The second-order valence-corrected chi connectivity index (χ2v) is 9.60. The Hall–Kier alpha value is -3.17. The molecule has 0 saturated heterocycles. The van der Waals surface area contributed by atoms with Gasteiger partial charge in [0.25, 0.3) is 0 Å². The van der Waals surface area contributed by atoms with E-state index in [1.807, 2.05) is 43.5 Å². The van der Waals surface area contributed by atoms with E-state index >= 15 is 0 Å². The summed E-state index contributed by atoms with van der Waals surface area (Å²) in [7, 11) is 0. The second-order valence-electron chi connectivity index (χ2n) is 8.17. The molecule has 0 spiro atoms. The van der Waals surface area contributed by atoms with E-state index in [1.54, 1.807) is 12.1 Å². The normalized spacial score (nSPS) is 14.7. The lowest BCUT2D eigenvalue weighted by molar-refractivity contribution is 0.0693. The quantitative estimate of drug-likeness (QED) is 0.256. The topological polar surface area (TPSA) is 113 Å². The first-order valence-corrected chi connectivity index (χ1v) is 11.3. The number of aryl methyl sites for hydroxylation is 1. The van der Waals surface area contributed by atoms with Crippen LogP contribution in [0.5, 0.6) is 5.88 Å². The molecule has 1 aromatic heterocycles. The van der Waals surface area contributed by atoms with Crippen molar-refractivity contribution in [1.29, 1.82) is 0 Å². The number of nitrogens with zero attached hydrogens (tertiary/aromatic N) is 3. The molecule has 0 saturated carbocycles. The third kappa shape index (κ3) is 3.78. The van der Waals surface area contributed by atoms with Crippen LogP contribution in [0.15, 0.2) is 57.6 Å². The highest BCUT2D eigenvalue weighted by atomic mass is 32.2. The molecule has 0 fully saturated rings. The van der Waals surface area contributed by atoms with Crippen molar-refractivity contribution in [3.8, 4) is 5.88 Å². The number of aromatic nitrogens is 1.